The van der Waals surface area contributed by atoms with Crippen molar-refractivity contribution in [3.05, 3.63) is 101 Å². The lowest BCUT2D eigenvalue weighted by atomic mass is 10.1. The Balaban J connectivity index is 1.75. The number of hydrogen-bond acceptors (Lipinski definition) is 3. The van der Waals surface area contributed by atoms with Crippen molar-refractivity contribution in [2.24, 2.45) is 5.73 Å². The lowest BCUT2D eigenvalue weighted by Crippen LogP contribution is -2.37. The van der Waals surface area contributed by atoms with E-state index in [0.29, 0.717) is 36.0 Å². The molecule has 29 heavy (non-hydrogen) atoms. The van der Waals surface area contributed by atoms with Gasteiger partial charge in [0.05, 0.1) is 11.1 Å². The van der Waals surface area contributed by atoms with Crippen LogP contribution in [0.25, 0.3) is 0 Å². The van der Waals surface area contributed by atoms with Crippen LogP contribution in [-0.2, 0) is 6.61 Å². The fraction of sp³-hybridized carbons (Fsp3) is 0.208. The fourth-order valence-corrected chi connectivity index (χ4v) is 3.41. The molecule has 5 heteroatoms. The van der Waals surface area contributed by atoms with E-state index in [-0.39, 0.29) is 11.9 Å². The van der Waals surface area contributed by atoms with E-state index in [0.717, 1.165) is 11.1 Å². The molecule has 0 aliphatic rings. The van der Waals surface area contributed by atoms with Crippen LogP contribution in [0.2, 0.25) is 5.02 Å². The van der Waals surface area contributed by atoms with Crippen LogP contribution in [0, 0.1) is 0 Å². The second-order valence-corrected chi connectivity index (χ2v) is 7.20. The molecule has 3 aromatic carbocycles. The zero-order valence-corrected chi connectivity index (χ0v) is 17.2. The summed E-state index contributed by atoms with van der Waals surface area (Å²) in [5.74, 6) is 0.442. The highest BCUT2D eigenvalue weighted by Crippen LogP contribution is 2.28. The quantitative estimate of drug-likeness (QED) is 0.565. The van der Waals surface area contributed by atoms with E-state index in [1.165, 1.54) is 0 Å². The Morgan fingerprint density at radius 2 is 1.69 bits per heavy atom. The van der Waals surface area contributed by atoms with Gasteiger partial charge in [-0.3, -0.25) is 4.79 Å². The van der Waals surface area contributed by atoms with E-state index >= 15 is 0 Å². The lowest BCUT2D eigenvalue weighted by molar-refractivity contribution is 0.0697. The highest BCUT2D eigenvalue weighted by atomic mass is 35.5. The minimum absolute atomic E-state index is 0.0972. The molecule has 0 fully saturated rings. The molecule has 0 aromatic heterocycles. The number of benzene rings is 3. The summed E-state index contributed by atoms with van der Waals surface area (Å²) in [5, 5.41) is 0.409. The van der Waals surface area contributed by atoms with E-state index < -0.39 is 0 Å². The number of nitrogens with two attached hydrogens (primary N) is 1. The second-order valence-electron chi connectivity index (χ2n) is 6.79. The summed E-state index contributed by atoms with van der Waals surface area (Å²) in [6.07, 6.45) is 0. The van der Waals surface area contributed by atoms with Gasteiger partial charge >= 0.3 is 0 Å². The van der Waals surface area contributed by atoms with Crippen LogP contribution in [0.1, 0.15) is 34.5 Å². The van der Waals surface area contributed by atoms with Crippen LogP contribution in [0.3, 0.4) is 0 Å². The van der Waals surface area contributed by atoms with Crippen molar-refractivity contribution in [2.75, 3.05) is 13.1 Å². The summed E-state index contributed by atoms with van der Waals surface area (Å²) in [4.78, 5) is 14.9. The molecule has 1 unspecified atom stereocenters. The number of carbonyl (C=O) groups is 1. The Morgan fingerprint density at radius 1 is 1.03 bits per heavy atom. The molecule has 3 rings (SSSR count). The average Bonchev–Trinajstić information content (AvgIpc) is 2.77. The molecule has 1 amide bonds. The molecule has 0 aliphatic carbocycles. The lowest BCUT2D eigenvalue weighted by Gasteiger charge is -2.29. The smallest absolute Gasteiger partial charge is 0.254 e. The number of carbonyl (C=O) groups excluding carboxylic acids is 1. The van der Waals surface area contributed by atoms with Crippen molar-refractivity contribution in [3.8, 4) is 5.75 Å². The third-order valence-electron chi connectivity index (χ3n) is 4.80. The first-order valence-electron chi connectivity index (χ1n) is 9.62. The molecular formula is C24H25ClN2O2. The molecule has 0 saturated heterocycles. The Labute approximate surface area is 176 Å². The van der Waals surface area contributed by atoms with Crippen LogP contribution >= 0.6 is 11.6 Å². The first-order chi connectivity index (χ1) is 14.1. The molecule has 4 nitrogen and oxygen atoms in total. The molecule has 0 spiro atoms. The number of ether oxygens (including phenoxy) is 1. The van der Waals surface area contributed by atoms with Crippen LogP contribution in [0.5, 0.6) is 5.75 Å². The van der Waals surface area contributed by atoms with E-state index in [1.807, 2.05) is 67.6 Å². The van der Waals surface area contributed by atoms with Gasteiger partial charge in [0.15, 0.2) is 0 Å². The minimum atomic E-state index is -0.108. The molecule has 0 radical (unpaired) electrons. The Kier molecular flexibility index (Phi) is 7.28. The average molecular weight is 409 g/mol. The van der Waals surface area contributed by atoms with Crippen molar-refractivity contribution >= 4 is 17.5 Å². The van der Waals surface area contributed by atoms with Gasteiger partial charge in [0.25, 0.3) is 5.91 Å². The number of rotatable bonds is 8. The van der Waals surface area contributed by atoms with Crippen molar-refractivity contribution in [1.29, 1.82) is 0 Å². The molecule has 0 saturated carbocycles. The first-order valence-corrected chi connectivity index (χ1v) is 10.00. The van der Waals surface area contributed by atoms with Gasteiger partial charge in [-0.1, -0.05) is 72.3 Å². The van der Waals surface area contributed by atoms with Crippen molar-refractivity contribution in [2.45, 2.75) is 19.6 Å². The summed E-state index contributed by atoms with van der Waals surface area (Å²) in [5.41, 5.74) is 8.39. The number of halogens is 1. The van der Waals surface area contributed by atoms with E-state index in [9.17, 15) is 4.79 Å². The predicted octanol–water partition coefficient (Wildman–Crippen LogP) is 5.08. The topological polar surface area (TPSA) is 55.6 Å². The molecule has 0 bridgehead atoms. The Bertz CT molecular complexity index is 932. The van der Waals surface area contributed by atoms with Crippen molar-refractivity contribution in [3.63, 3.8) is 0 Å². The molecule has 150 valence electrons. The summed E-state index contributed by atoms with van der Waals surface area (Å²) in [6.45, 7) is 3.26. The zero-order chi connectivity index (χ0) is 20.6. The van der Waals surface area contributed by atoms with Gasteiger partial charge in [-0.25, -0.2) is 0 Å². The largest absolute Gasteiger partial charge is 0.487 e. The van der Waals surface area contributed by atoms with Crippen LogP contribution in [0.4, 0.5) is 0 Å². The molecule has 1 atom stereocenters. The first kappa shape index (κ1) is 20.9. The summed E-state index contributed by atoms with van der Waals surface area (Å²) < 4.78 is 5.81. The van der Waals surface area contributed by atoms with E-state index in [1.54, 1.807) is 23.1 Å². The Hall–Kier alpha value is -2.82. The van der Waals surface area contributed by atoms with E-state index in [2.05, 4.69) is 0 Å². The fourth-order valence-electron chi connectivity index (χ4n) is 3.17. The second kappa shape index (κ2) is 10.1. The number of hydrogen-bond donors (Lipinski definition) is 1. The monoisotopic (exact) mass is 408 g/mol. The summed E-state index contributed by atoms with van der Waals surface area (Å²) in [7, 11) is 0. The van der Waals surface area contributed by atoms with Gasteiger partial charge in [0.1, 0.15) is 12.4 Å². The normalized spacial score (nSPS) is 11.7. The minimum Gasteiger partial charge on any atom is -0.487 e. The maximum absolute atomic E-state index is 13.2. The predicted molar refractivity (Wildman–Crippen MR) is 117 cm³/mol. The molecule has 2 N–H and O–H groups in total. The van der Waals surface area contributed by atoms with Crippen molar-refractivity contribution in [1.82, 2.24) is 4.90 Å². The van der Waals surface area contributed by atoms with Gasteiger partial charge < -0.3 is 15.4 Å². The standard InChI is InChI=1S/C24H25ClN2O2/c1-18(20-10-6-3-7-11-20)27(15-14-26)24(28)21-12-13-23(22(25)16-21)29-17-19-8-4-2-5-9-19/h2-13,16,18H,14-15,17,26H2,1H3. The van der Waals surface area contributed by atoms with Gasteiger partial charge in [-0.2, -0.15) is 0 Å². The SMILES string of the molecule is CC(c1ccccc1)N(CCN)C(=O)c1ccc(OCc2ccccc2)c(Cl)c1. The molecule has 0 aliphatic heterocycles. The Morgan fingerprint density at radius 3 is 2.31 bits per heavy atom. The highest BCUT2D eigenvalue weighted by molar-refractivity contribution is 6.32. The molecular weight excluding hydrogens is 384 g/mol. The van der Waals surface area contributed by atoms with Gasteiger partial charge in [-0.05, 0) is 36.2 Å². The third kappa shape index (κ3) is 5.37. The van der Waals surface area contributed by atoms with Gasteiger partial charge in [0.2, 0.25) is 0 Å². The van der Waals surface area contributed by atoms with Crippen LogP contribution in [-0.4, -0.2) is 23.9 Å². The maximum atomic E-state index is 13.2. The number of amides is 1. The van der Waals surface area contributed by atoms with E-state index in [4.69, 9.17) is 22.1 Å². The molecule has 3 aromatic rings. The summed E-state index contributed by atoms with van der Waals surface area (Å²) >= 11 is 6.40. The number of nitrogens with zero attached hydrogens (tertiary/aromatic N) is 1. The third-order valence-corrected chi connectivity index (χ3v) is 5.09. The van der Waals surface area contributed by atoms with Gasteiger partial charge in [-0.15, -0.1) is 0 Å². The maximum Gasteiger partial charge on any atom is 0.254 e. The molecule has 0 heterocycles. The van der Waals surface area contributed by atoms with Crippen LogP contribution < -0.4 is 10.5 Å². The van der Waals surface area contributed by atoms with Crippen LogP contribution in [0.15, 0.2) is 78.9 Å². The van der Waals surface area contributed by atoms with Crippen molar-refractivity contribution < 1.29 is 9.53 Å². The van der Waals surface area contributed by atoms with Gasteiger partial charge in [0, 0.05) is 18.7 Å². The highest BCUT2D eigenvalue weighted by Gasteiger charge is 2.23. The summed E-state index contributed by atoms with van der Waals surface area (Å²) in [6, 6.07) is 24.8. The zero-order valence-electron chi connectivity index (χ0n) is 16.4.